The molecule has 0 aliphatic heterocycles. The van der Waals surface area contributed by atoms with Crippen molar-refractivity contribution in [2.45, 2.75) is 13.1 Å². The third kappa shape index (κ3) is 2.24. The average Bonchev–Trinajstić information content (AvgIpc) is 2.69. The molecule has 0 unspecified atom stereocenters. The number of aryl methyl sites for hydroxylation is 1. The minimum Gasteiger partial charge on any atom is -0.298 e. The van der Waals surface area contributed by atoms with Gasteiger partial charge >= 0.3 is 6.18 Å². The van der Waals surface area contributed by atoms with E-state index in [4.69, 9.17) is 0 Å². The standard InChI is InChI=1S/C11H8F3N3O/c1-7-8(6-18)5-17(16-7)10-3-2-9(4-15-10)11(12,13)14/h2-6H,1H3. The first-order chi connectivity index (χ1) is 8.41. The van der Waals surface area contributed by atoms with Crippen LogP contribution in [-0.4, -0.2) is 21.1 Å². The number of pyridine rings is 1. The molecule has 0 atom stereocenters. The smallest absolute Gasteiger partial charge is 0.298 e. The van der Waals surface area contributed by atoms with Gasteiger partial charge < -0.3 is 0 Å². The van der Waals surface area contributed by atoms with Crippen LogP contribution in [0.4, 0.5) is 13.2 Å². The predicted molar refractivity (Wildman–Crippen MR) is 56.5 cm³/mol. The third-order valence-electron chi connectivity index (χ3n) is 2.37. The lowest BCUT2D eigenvalue weighted by molar-refractivity contribution is -0.137. The number of rotatable bonds is 2. The van der Waals surface area contributed by atoms with Crippen LogP contribution in [0.15, 0.2) is 24.5 Å². The van der Waals surface area contributed by atoms with Gasteiger partial charge in [0.05, 0.1) is 16.8 Å². The molecule has 2 aromatic rings. The van der Waals surface area contributed by atoms with Gasteiger partial charge in [-0.1, -0.05) is 0 Å². The highest BCUT2D eigenvalue weighted by molar-refractivity contribution is 5.75. The summed E-state index contributed by atoms with van der Waals surface area (Å²) in [6, 6.07) is 2.11. The van der Waals surface area contributed by atoms with Crippen LogP contribution in [-0.2, 0) is 6.18 Å². The molecule has 0 aliphatic carbocycles. The summed E-state index contributed by atoms with van der Waals surface area (Å²) in [5.74, 6) is 0.221. The number of halogens is 3. The Morgan fingerprint density at radius 1 is 1.33 bits per heavy atom. The number of hydrogen-bond acceptors (Lipinski definition) is 3. The number of hydrogen-bond donors (Lipinski definition) is 0. The fourth-order valence-electron chi connectivity index (χ4n) is 1.40. The van der Waals surface area contributed by atoms with Crippen molar-refractivity contribution in [2.24, 2.45) is 0 Å². The molecule has 2 aromatic heterocycles. The van der Waals surface area contributed by atoms with Gasteiger partial charge in [-0.3, -0.25) is 4.79 Å². The highest BCUT2D eigenvalue weighted by Crippen LogP contribution is 2.28. The van der Waals surface area contributed by atoms with Crippen LogP contribution >= 0.6 is 0 Å². The first-order valence-electron chi connectivity index (χ1n) is 4.97. The molecule has 94 valence electrons. The quantitative estimate of drug-likeness (QED) is 0.774. The Morgan fingerprint density at radius 3 is 2.50 bits per heavy atom. The molecule has 0 saturated heterocycles. The zero-order chi connectivity index (χ0) is 13.3. The predicted octanol–water partition coefficient (Wildman–Crippen LogP) is 2.41. The molecule has 7 heteroatoms. The van der Waals surface area contributed by atoms with Gasteiger partial charge in [-0.15, -0.1) is 0 Å². The van der Waals surface area contributed by atoms with Gasteiger partial charge in [0.25, 0.3) is 0 Å². The molecule has 0 fully saturated rings. The summed E-state index contributed by atoms with van der Waals surface area (Å²) in [5, 5.41) is 3.99. The first kappa shape index (κ1) is 12.3. The fourth-order valence-corrected chi connectivity index (χ4v) is 1.40. The van der Waals surface area contributed by atoms with E-state index >= 15 is 0 Å². The number of carbonyl (C=O) groups excluding carboxylic acids is 1. The summed E-state index contributed by atoms with van der Waals surface area (Å²) < 4.78 is 38.3. The molecule has 0 amide bonds. The van der Waals surface area contributed by atoms with Crippen molar-refractivity contribution in [1.29, 1.82) is 0 Å². The number of alkyl halides is 3. The van der Waals surface area contributed by atoms with E-state index in [0.29, 0.717) is 17.5 Å². The molecular formula is C11H8F3N3O. The van der Waals surface area contributed by atoms with Gasteiger partial charge in [-0.05, 0) is 19.1 Å². The molecule has 0 saturated carbocycles. The van der Waals surface area contributed by atoms with Gasteiger partial charge in [-0.2, -0.15) is 18.3 Å². The number of carbonyl (C=O) groups is 1. The molecule has 0 aromatic carbocycles. The van der Waals surface area contributed by atoms with E-state index in [2.05, 4.69) is 10.1 Å². The van der Waals surface area contributed by atoms with E-state index in [1.165, 1.54) is 16.9 Å². The lowest BCUT2D eigenvalue weighted by atomic mass is 10.3. The highest BCUT2D eigenvalue weighted by Gasteiger charge is 2.30. The Morgan fingerprint density at radius 2 is 2.06 bits per heavy atom. The SMILES string of the molecule is Cc1nn(-c2ccc(C(F)(F)F)cn2)cc1C=O. The minimum atomic E-state index is -4.42. The number of aldehydes is 1. The van der Waals surface area contributed by atoms with Crippen LogP contribution in [0.3, 0.4) is 0 Å². The van der Waals surface area contributed by atoms with Crippen LogP contribution in [0.5, 0.6) is 0 Å². The Hall–Kier alpha value is -2.18. The van der Waals surface area contributed by atoms with Crippen LogP contribution in [0.1, 0.15) is 21.6 Å². The second kappa shape index (κ2) is 4.25. The van der Waals surface area contributed by atoms with Crippen molar-refractivity contribution < 1.29 is 18.0 Å². The molecular weight excluding hydrogens is 247 g/mol. The summed E-state index contributed by atoms with van der Waals surface area (Å²) in [5.41, 5.74) is 0.0362. The Labute approximate surface area is 100 Å². The average molecular weight is 255 g/mol. The van der Waals surface area contributed by atoms with E-state index in [1.54, 1.807) is 6.92 Å². The minimum absolute atomic E-state index is 0.221. The van der Waals surface area contributed by atoms with Crippen molar-refractivity contribution in [1.82, 2.24) is 14.8 Å². The summed E-state index contributed by atoms with van der Waals surface area (Å²) in [6.45, 7) is 1.63. The van der Waals surface area contributed by atoms with Crippen molar-refractivity contribution in [3.05, 3.63) is 41.3 Å². The number of aromatic nitrogens is 3. The fraction of sp³-hybridized carbons (Fsp3) is 0.182. The summed E-state index contributed by atoms with van der Waals surface area (Å²) in [7, 11) is 0. The largest absolute Gasteiger partial charge is 0.417 e. The van der Waals surface area contributed by atoms with E-state index in [9.17, 15) is 18.0 Å². The van der Waals surface area contributed by atoms with Crippen molar-refractivity contribution in [3.8, 4) is 5.82 Å². The van der Waals surface area contributed by atoms with Gasteiger partial charge in [0.2, 0.25) is 0 Å². The van der Waals surface area contributed by atoms with Gasteiger partial charge in [0.15, 0.2) is 12.1 Å². The zero-order valence-electron chi connectivity index (χ0n) is 9.27. The van der Waals surface area contributed by atoms with Crippen LogP contribution < -0.4 is 0 Å². The molecule has 0 aliphatic rings. The highest BCUT2D eigenvalue weighted by atomic mass is 19.4. The molecule has 0 spiro atoms. The Kier molecular flexibility index (Phi) is 2.90. The molecule has 18 heavy (non-hydrogen) atoms. The number of nitrogens with zero attached hydrogens (tertiary/aromatic N) is 3. The molecule has 0 radical (unpaired) electrons. The van der Waals surface area contributed by atoms with Crippen molar-refractivity contribution in [2.75, 3.05) is 0 Å². The Bertz CT molecular complexity index is 572. The molecule has 4 nitrogen and oxygen atoms in total. The summed E-state index contributed by atoms with van der Waals surface area (Å²) >= 11 is 0. The second-order valence-corrected chi connectivity index (χ2v) is 3.64. The van der Waals surface area contributed by atoms with Crippen molar-refractivity contribution >= 4 is 6.29 Å². The summed E-state index contributed by atoms with van der Waals surface area (Å²) in [4.78, 5) is 14.3. The van der Waals surface area contributed by atoms with E-state index in [-0.39, 0.29) is 5.82 Å². The lowest BCUT2D eigenvalue weighted by Gasteiger charge is -2.06. The van der Waals surface area contributed by atoms with Crippen LogP contribution in [0, 0.1) is 6.92 Å². The van der Waals surface area contributed by atoms with E-state index in [1.807, 2.05) is 0 Å². The maximum Gasteiger partial charge on any atom is 0.417 e. The van der Waals surface area contributed by atoms with E-state index < -0.39 is 11.7 Å². The maximum absolute atomic E-state index is 12.3. The molecule has 0 bridgehead atoms. The molecule has 2 heterocycles. The van der Waals surface area contributed by atoms with Crippen LogP contribution in [0.25, 0.3) is 5.82 Å². The molecule has 2 rings (SSSR count). The maximum atomic E-state index is 12.3. The van der Waals surface area contributed by atoms with E-state index in [0.717, 1.165) is 12.3 Å². The lowest BCUT2D eigenvalue weighted by Crippen LogP contribution is -2.07. The monoisotopic (exact) mass is 255 g/mol. The van der Waals surface area contributed by atoms with Crippen LogP contribution in [0.2, 0.25) is 0 Å². The third-order valence-corrected chi connectivity index (χ3v) is 2.37. The normalized spacial score (nSPS) is 11.6. The summed E-state index contributed by atoms with van der Waals surface area (Å²) in [6.07, 6.45) is -1.65. The first-order valence-corrected chi connectivity index (χ1v) is 4.97. The second-order valence-electron chi connectivity index (χ2n) is 3.64. The van der Waals surface area contributed by atoms with Gasteiger partial charge in [-0.25, -0.2) is 9.67 Å². The molecule has 0 N–H and O–H groups in total. The Balaban J connectivity index is 2.37. The zero-order valence-corrected chi connectivity index (χ0v) is 9.27. The topological polar surface area (TPSA) is 47.8 Å². The van der Waals surface area contributed by atoms with Gasteiger partial charge in [0.1, 0.15) is 0 Å². The van der Waals surface area contributed by atoms with Gasteiger partial charge in [0, 0.05) is 12.4 Å². The van der Waals surface area contributed by atoms with Crippen molar-refractivity contribution in [3.63, 3.8) is 0 Å².